The van der Waals surface area contributed by atoms with Gasteiger partial charge < -0.3 is 9.67 Å². The lowest BCUT2D eigenvalue weighted by atomic mass is 9.88. The van der Waals surface area contributed by atoms with Gasteiger partial charge in [-0.05, 0) is 24.0 Å². The molecule has 0 spiro atoms. The van der Waals surface area contributed by atoms with Gasteiger partial charge in [0.25, 0.3) is 0 Å². The Morgan fingerprint density at radius 2 is 1.94 bits per heavy atom. The van der Waals surface area contributed by atoms with Crippen molar-refractivity contribution < 1.29 is 5.11 Å². The SMILES string of the molecule is Cn1c(CC(O)CC(C)(C)C)nc2ccccc21. The molecule has 1 aromatic heterocycles. The molecule has 2 rings (SSSR count). The summed E-state index contributed by atoms with van der Waals surface area (Å²) in [5, 5.41) is 10.1. The molecule has 0 aliphatic rings. The van der Waals surface area contributed by atoms with Gasteiger partial charge in [0.1, 0.15) is 5.82 Å². The second kappa shape index (κ2) is 4.73. The summed E-state index contributed by atoms with van der Waals surface area (Å²) in [5.74, 6) is 0.952. The van der Waals surface area contributed by atoms with Gasteiger partial charge in [-0.2, -0.15) is 0 Å². The molecule has 2 aromatic rings. The number of aliphatic hydroxyl groups excluding tert-OH is 1. The smallest absolute Gasteiger partial charge is 0.112 e. The van der Waals surface area contributed by atoms with Gasteiger partial charge >= 0.3 is 0 Å². The average molecular weight is 246 g/mol. The van der Waals surface area contributed by atoms with Crippen LogP contribution in [0.4, 0.5) is 0 Å². The molecule has 0 amide bonds. The molecule has 3 nitrogen and oxygen atoms in total. The van der Waals surface area contributed by atoms with Gasteiger partial charge in [0.05, 0.1) is 17.1 Å². The second-order valence-electron chi connectivity index (χ2n) is 6.20. The summed E-state index contributed by atoms with van der Waals surface area (Å²) in [7, 11) is 2.01. The van der Waals surface area contributed by atoms with Gasteiger partial charge in [-0.1, -0.05) is 32.9 Å². The molecule has 1 unspecified atom stereocenters. The minimum absolute atomic E-state index is 0.143. The van der Waals surface area contributed by atoms with Crippen LogP contribution in [0.15, 0.2) is 24.3 Å². The normalized spacial score (nSPS) is 14.1. The van der Waals surface area contributed by atoms with Crippen molar-refractivity contribution in [2.75, 3.05) is 0 Å². The van der Waals surface area contributed by atoms with E-state index < -0.39 is 0 Å². The molecule has 0 aliphatic carbocycles. The Balaban J connectivity index is 2.19. The molecule has 1 atom stereocenters. The Kier molecular flexibility index (Phi) is 3.44. The van der Waals surface area contributed by atoms with E-state index in [0.29, 0.717) is 6.42 Å². The van der Waals surface area contributed by atoms with Crippen LogP contribution in [0.25, 0.3) is 11.0 Å². The molecule has 18 heavy (non-hydrogen) atoms. The summed E-state index contributed by atoms with van der Waals surface area (Å²) >= 11 is 0. The second-order valence-corrected chi connectivity index (χ2v) is 6.20. The van der Waals surface area contributed by atoms with E-state index in [-0.39, 0.29) is 11.5 Å². The zero-order valence-corrected chi connectivity index (χ0v) is 11.6. The maximum Gasteiger partial charge on any atom is 0.112 e. The third-order valence-corrected chi connectivity index (χ3v) is 3.15. The standard InChI is InChI=1S/C15H22N2O/c1-15(2,3)10-11(18)9-14-16-12-7-5-6-8-13(12)17(14)4/h5-8,11,18H,9-10H2,1-4H3. The van der Waals surface area contributed by atoms with Gasteiger partial charge in [-0.25, -0.2) is 4.98 Å². The number of nitrogens with zero attached hydrogens (tertiary/aromatic N) is 2. The Hall–Kier alpha value is -1.35. The topological polar surface area (TPSA) is 38.0 Å². The summed E-state index contributed by atoms with van der Waals surface area (Å²) < 4.78 is 2.07. The highest BCUT2D eigenvalue weighted by atomic mass is 16.3. The fourth-order valence-corrected chi connectivity index (χ4v) is 2.37. The Morgan fingerprint density at radius 3 is 2.56 bits per heavy atom. The number of fused-ring (bicyclic) bond motifs is 1. The molecule has 0 saturated carbocycles. The van der Waals surface area contributed by atoms with Crippen LogP contribution in [0.2, 0.25) is 0 Å². The van der Waals surface area contributed by atoms with Gasteiger partial charge in [0, 0.05) is 13.5 Å². The number of benzene rings is 1. The molecule has 1 heterocycles. The number of imidazole rings is 1. The van der Waals surface area contributed by atoms with Crippen LogP contribution in [-0.2, 0) is 13.5 Å². The Bertz CT molecular complexity index is 537. The van der Waals surface area contributed by atoms with Crippen LogP contribution in [0.3, 0.4) is 0 Å². The maximum atomic E-state index is 10.1. The first kappa shape index (κ1) is 13.1. The molecule has 1 aromatic carbocycles. The minimum Gasteiger partial charge on any atom is -0.393 e. The number of para-hydroxylation sites is 2. The van der Waals surface area contributed by atoms with E-state index in [1.165, 1.54) is 0 Å². The lowest BCUT2D eigenvalue weighted by Crippen LogP contribution is -2.21. The molecular weight excluding hydrogens is 224 g/mol. The van der Waals surface area contributed by atoms with Crippen molar-refractivity contribution in [1.29, 1.82) is 0 Å². The molecule has 0 saturated heterocycles. The van der Waals surface area contributed by atoms with Crippen molar-refractivity contribution in [2.24, 2.45) is 12.5 Å². The molecule has 0 aliphatic heterocycles. The van der Waals surface area contributed by atoms with Crippen molar-refractivity contribution in [1.82, 2.24) is 9.55 Å². The lowest BCUT2D eigenvalue weighted by Gasteiger charge is -2.22. The largest absolute Gasteiger partial charge is 0.393 e. The van der Waals surface area contributed by atoms with Crippen molar-refractivity contribution in [3.05, 3.63) is 30.1 Å². The number of rotatable bonds is 3. The summed E-state index contributed by atoms with van der Waals surface area (Å²) in [6, 6.07) is 8.07. The third-order valence-electron chi connectivity index (χ3n) is 3.15. The van der Waals surface area contributed by atoms with E-state index in [1.807, 2.05) is 25.2 Å². The molecule has 3 heteroatoms. The maximum absolute atomic E-state index is 10.1. The van der Waals surface area contributed by atoms with E-state index in [2.05, 4.69) is 36.4 Å². The number of aryl methyl sites for hydroxylation is 1. The molecule has 98 valence electrons. The monoisotopic (exact) mass is 246 g/mol. The van der Waals surface area contributed by atoms with Crippen LogP contribution in [0.5, 0.6) is 0 Å². The van der Waals surface area contributed by atoms with Crippen molar-refractivity contribution in [3.8, 4) is 0 Å². The summed E-state index contributed by atoms with van der Waals surface area (Å²) in [4.78, 5) is 4.59. The van der Waals surface area contributed by atoms with E-state index >= 15 is 0 Å². The fourth-order valence-electron chi connectivity index (χ4n) is 2.37. The molecule has 0 fully saturated rings. The third kappa shape index (κ3) is 2.91. The van der Waals surface area contributed by atoms with Gasteiger partial charge in [-0.3, -0.25) is 0 Å². The van der Waals surface area contributed by atoms with E-state index in [4.69, 9.17) is 0 Å². The fraction of sp³-hybridized carbons (Fsp3) is 0.533. The van der Waals surface area contributed by atoms with Crippen molar-refractivity contribution in [2.45, 2.75) is 39.7 Å². The number of aliphatic hydroxyl groups is 1. The highest BCUT2D eigenvalue weighted by Crippen LogP contribution is 2.23. The first-order valence-electron chi connectivity index (χ1n) is 6.45. The summed E-state index contributed by atoms with van der Waals surface area (Å²) in [5.41, 5.74) is 2.26. The summed E-state index contributed by atoms with van der Waals surface area (Å²) in [6.07, 6.45) is 1.07. The van der Waals surface area contributed by atoms with Crippen LogP contribution >= 0.6 is 0 Å². The van der Waals surface area contributed by atoms with E-state index in [1.54, 1.807) is 0 Å². The molecule has 0 radical (unpaired) electrons. The van der Waals surface area contributed by atoms with Gasteiger partial charge in [0.15, 0.2) is 0 Å². The van der Waals surface area contributed by atoms with Gasteiger partial charge in [0.2, 0.25) is 0 Å². The number of hydrogen-bond donors (Lipinski definition) is 1. The van der Waals surface area contributed by atoms with Crippen LogP contribution < -0.4 is 0 Å². The Labute approximate surface area is 108 Å². The van der Waals surface area contributed by atoms with Gasteiger partial charge in [-0.15, -0.1) is 0 Å². The van der Waals surface area contributed by atoms with Crippen LogP contribution in [0.1, 0.15) is 33.0 Å². The lowest BCUT2D eigenvalue weighted by molar-refractivity contribution is 0.119. The summed E-state index contributed by atoms with van der Waals surface area (Å²) in [6.45, 7) is 6.43. The highest BCUT2D eigenvalue weighted by Gasteiger charge is 2.19. The number of hydrogen-bond acceptors (Lipinski definition) is 2. The molecule has 0 bridgehead atoms. The zero-order valence-electron chi connectivity index (χ0n) is 11.6. The predicted molar refractivity (Wildman–Crippen MR) is 74.5 cm³/mol. The molecule has 1 N–H and O–H groups in total. The molecular formula is C15H22N2O. The first-order chi connectivity index (χ1) is 8.37. The van der Waals surface area contributed by atoms with E-state index in [0.717, 1.165) is 23.3 Å². The minimum atomic E-state index is -0.333. The highest BCUT2D eigenvalue weighted by molar-refractivity contribution is 5.75. The van der Waals surface area contributed by atoms with Crippen molar-refractivity contribution in [3.63, 3.8) is 0 Å². The number of aromatic nitrogens is 2. The predicted octanol–water partition coefficient (Wildman–Crippen LogP) is 2.91. The zero-order chi connectivity index (χ0) is 13.3. The van der Waals surface area contributed by atoms with Crippen molar-refractivity contribution >= 4 is 11.0 Å². The first-order valence-corrected chi connectivity index (χ1v) is 6.45. The van der Waals surface area contributed by atoms with Crippen LogP contribution in [-0.4, -0.2) is 20.8 Å². The van der Waals surface area contributed by atoms with Crippen LogP contribution in [0, 0.1) is 5.41 Å². The average Bonchev–Trinajstić information content (AvgIpc) is 2.54. The Morgan fingerprint density at radius 1 is 1.28 bits per heavy atom. The quantitative estimate of drug-likeness (QED) is 0.904. The van der Waals surface area contributed by atoms with E-state index in [9.17, 15) is 5.11 Å².